The molecule has 0 unspecified atom stereocenters. The lowest BCUT2D eigenvalue weighted by atomic mass is 10.1. The molecule has 0 saturated carbocycles. The van der Waals surface area contributed by atoms with Crippen LogP contribution in [0, 0.1) is 0 Å². The summed E-state index contributed by atoms with van der Waals surface area (Å²) in [6.45, 7) is 3.11. The Bertz CT molecular complexity index is 470. The van der Waals surface area contributed by atoms with Gasteiger partial charge in [-0.2, -0.15) is 17.0 Å². The van der Waals surface area contributed by atoms with E-state index in [1.807, 2.05) is 24.4 Å². The Balaban J connectivity index is 2.09. The maximum Gasteiger partial charge on any atom is 0.282 e. The third-order valence-corrected chi connectivity index (χ3v) is 6.30. The quantitative estimate of drug-likeness (QED) is 0.853. The lowest BCUT2D eigenvalue weighted by molar-refractivity contribution is 0.249. The van der Waals surface area contributed by atoms with Gasteiger partial charge in [0.15, 0.2) is 0 Å². The lowest BCUT2D eigenvalue weighted by Crippen LogP contribution is -2.48. The van der Waals surface area contributed by atoms with Crippen LogP contribution in [0.2, 0.25) is 0 Å². The van der Waals surface area contributed by atoms with Gasteiger partial charge in [-0.15, -0.1) is 11.3 Å². The van der Waals surface area contributed by atoms with E-state index in [4.69, 9.17) is 0 Å². The second-order valence-corrected chi connectivity index (χ2v) is 7.82. The Morgan fingerprint density at radius 2 is 2.28 bits per heavy atom. The molecule has 0 radical (unpaired) electrons. The maximum absolute atomic E-state index is 12.5. The number of thiophene rings is 1. The number of nitrogens with zero attached hydrogens (tertiary/aromatic N) is 2. The highest BCUT2D eigenvalue weighted by atomic mass is 32.2. The third-order valence-electron chi connectivity index (χ3n) is 3.39. The van der Waals surface area contributed by atoms with Crippen molar-refractivity contribution in [1.82, 2.24) is 8.61 Å². The van der Waals surface area contributed by atoms with Crippen LogP contribution in [0.5, 0.6) is 0 Å². The molecule has 0 aromatic carbocycles. The fourth-order valence-electron chi connectivity index (χ4n) is 2.30. The summed E-state index contributed by atoms with van der Waals surface area (Å²) in [5.41, 5.74) is 0. The highest BCUT2D eigenvalue weighted by Crippen LogP contribution is 2.23. The molecule has 102 valence electrons. The monoisotopic (exact) mass is 288 g/mol. The summed E-state index contributed by atoms with van der Waals surface area (Å²) < 4.78 is 28.1. The smallest absolute Gasteiger partial charge is 0.195 e. The summed E-state index contributed by atoms with van der Waals surface area (Å²) in [6.07, 6.45) is 3.06. The van der Waals surface area contributed by atoms with E-state index in [1.165, 1.54) is 4.31 Å². The summed E-state index contributed by atoms with van der Waals surface area (Å²) in [7, 11) is -1.65. The van der Waals surface area contributed by atoms with E-state index in [1.54, 1.807) is 22.7 Å². The normalized spacial score (nSPS) is 22.5. The molecular weight excluding hydrogens is 268 g/mol. The van der Waals surface area contributed by atoms with Crippen molar-refractivity contribution in [3.63, 3.8) is 0 Å². The second kappa shape index (κ2) is 5.69. The van der Waals surface area contributed by atoms with Gasteiger partial charge in [0.1, 0.15) is 0 Å². The van der Waals surface area contributed by atoms with Gasteiger partial charge in [0, 0.05) is 31.1 Å². The highest BCUT2D eigenvalue weighted by Gasteiger charge is 2.32. The van der Waals surface area contributed by atoms with E-state index in [9.17, 15) is 8.42 Å². The molecule has 1 aromatic heterocycles. The highest BCUT2D eigenvalue weighted by molar-refractivity contribution is 7.86. The number of rotatable bonds is 4. The lowest BCUT2D eigenvalue weighted by Gasteiger charge is -2.35. The summed E-state index contributed by atoms with van der Waals surface area (Å²) in [5, 5.41) is 1.97. The van der Waals surface area contributed by atoms with E-state index in [2.05, 4.69) is 0 Å². The van der Waals surface area contributed by atoms with Crippen LogP contribution in [0.3, 0.4) is 0 Å². The molecule has 0 aliphatic carbocycles. The molecule has 18 heavy (non-hydrogen) atoms. The van der Waals surface area contributed by atoms with Gasteiger partial charge in [-0.05, 0) is 31.2 Å². The molecule has 0 bridgehead atoms. The van der Waals surface area contributed by atoms with Crippen molar-refractivity contribution in [2.75, 3.05) is 13.6 Å². The SMILES string of the molecule is C[C@H]1CCCCN1S(=O)(=O)N(C)Cc1cccs1. The fraction of sp³-hybridized carbons (Fsp3) is 0.667. The Kier molecular flexibility index (Phi) is 4.42. The van der Waals surface area contributed by atoms with Crippen molar-refractivity contribution in [3.05, 3.63) is 22.4 Å². The zero-order valence-corrected chi connectivity index (χ0v) is 12.5. The first-order valence-corrected chi connectivity index (χ1v) is 8.55. The second-order valence-electron chi connectivity index (χ2n) is 4.80. The van der Waals surface area contributed by atoms with Gasteiger partial charge in [-0.3, -0.25) is 0 Å². The van der Waals surface area contributed by atoms with Crippen molar-refractivity contribution in [1.29, 1.82) is 0 Å². The number of hydrogen-bond acceptors (Lipinski definition) is 3. The minimum atomic E-state index is -3.31. The van der Waals surface area contributed by atoms with Gasteiger partial charge in [-0.25, -0.2) is 0 Å². The van der Waals surface area contributed by atoms with Gasteiger partial charge in [0.05, 0.1) is 0 Å². The largest absolute Gasteiger partial charge is 0.282 e. The Labute approximate surface area is 113 Å². The Morgan fingerprint density at radius 1 is 1.50 bits per heavy atom. The molecule has 0 N–H and O–H groups in total. The van der Waals surface area contributed by atoms with E-state index in [0.717, 1.165) is 24.1 Å². The van der Waals surface area contributed by atoms with E-state index < -0.39 is 10.2 Å². The summed E-state index contributed by atoms with van der Waals surface area (Å²) in [5.74, 6) is 0. The van der Waals surface area contributed by atoms with E-state index >= 15 is 0 Å². The topological polar surface area (TPSA) is 40.6 Å². The molecule has 0 spiro atoms. The molecule has 1 saturated heterocycles. The molecule has 1 aliphatic rings. The van der Waals surface area contributed by atoms with Crippen molar-refractivity contribution >= 4 is 21.5 Å². The molecule has 1 fully saturated rings. The Hall–Kier alpha value is -0.430. The molecule has 2 heterocycles. The van der Waals surface area contributed by atoms with Crippen molar-refractivity contribution in [3.8, 4) is 0 Å². The van der Waals surface area contributed by atoms with Gasteiger partial charge < -0.3 is 0 Å². The molecule has 6 heteroatoms. The average molecular weight is 288 g/mol. The van der Waals surface area contributed by atoms with Crippen LogP contribution in [-0.2, 0) is 16.8 Å². The first-order valence-electron chi connectivity index (χ1n) is 6.27. The maximum atomic E-state index is 12.5. The number of hydrogen-bond donors (Lipinski definition) is 0. The van der Waals surface area contributed by atoms with Crippen LogP contribution in [0.25, 0.3) is 0 Å². The summed E-state index contributed by atoms with van der Waals surface area (Å²) in [6, 6.07) is 4.04. The molecule has 0 amide bonds. The first-order chi connectivity index (χ1) is 8.51. The van der Waals surface area contributed by atoms with Crippen LogP contribution in [0.1, 0.15) is 31.1 Å². The Morgan fingerprint density at radius 3 is 2.89 bits per heavy atom. The van der Waals surface area contributed by atoms with Crippen LogP contribution in [-0.4, -0.2) is 36.7 Å². The van der Waals surface area contributed by atoms with Gasteiger partial charge in [0.25, 0.3) is 10.2 Å². The molecule has 1 aromatic rings. The minimum absolute atomic E-state index is 0.120. The minimum Gasteiger partial charge on any atom is -0.195 e. The zero-order valence-electron chi connectivity index (χ0n) is 10.9. The average Bonchev–Trinajstić information content (AvgIpc) is 2.82. The van der Waals surface area contributed by atoms with Gasteiger partial charge in [-0.1, -0.05) is 12.5 Å². The standard InChI is InChI=1S/C12H20N2O2S2/c1-11-6-3-4-8-14(11)18(15,16)13(2)10-12-7-5-9-17-12/h5,7,9,11H,3-4,6,8,10H2,1-2H3/t11-/m0/s1. The van der Waals surface area contributed by atoms with Crippen molar-refractivity contribution < 1.29 is 8.42 Å². The van der Waals surface area contributed by atoms with Crippen LogP contribution in [0.4, 0.5) is 0 Å². The zero-order chi connectivity index (χ0) is 13.2. The van der Waals surface area contributed by atoms with E-state index in [-0.39, 0.29) is 6.04 Å². The molecule has 4 nitrogen and oxygen atoms in total. The molecule has 1 atom stereocenters. The van der Waals surface area contributed by atoms with E-state index in [0.29, 0.717) is 13.1 Å². The first kappa shape index (κ1) is 14.0. The fourth-order valence-corrected chi connectivity index (χ4v) is 4.72. The predicted molar refractivity (Wildman–Crippen MR) is 74.7 cm³/mol. The summed E-state index contributed by atoms with van der Waals surface area (Å²) >= 11 is 1.59. The van der Waals surface area contributed by atoms with Gasteiger partial charge >= 0.3 is 0 Å². The number of piperidine rings is 1. The van der Waals surface area contributed by atoms with Crippen LogP contribution in [0.15, 0.2) is 17.5 Å². The van der Waals surface area contributed by atoms with Crippen LogP contribution < -0.4 is 0 Å². The summed E-state index contributed by atoms with van der Waals surface area (Å²) in [4.78, 5) is 1.07. The molecule has 2 rings (SSSR count). The molecule has 1 aliphatic heterocycles. The third kappa shape index (κ3) is 2.93. The predicted octanol–water partition coefficient (Wildman–Crippen LogP) is 2.30. The van der Waals surface area contributed by atoms with Crippen LogP contribution >= 0.6 is 11.3 Å². The van der Waals surface area contributed by atoms with Gasteiger partial charge in [0.2, 0.25) is 0 Å². The molecular formula is C12H20N2O2S2. The van der Waals surface area contributed by atoms with Crippen molar-refractivity contribution in [2.45, 2.75) is 38.8 Å². The van der Waals surface area contributed by atoms with Crippen molar-refractivity contribution in [2.24, 2.45) is 0 Å².